The van der Waals surface area contributed by atoms with Gasteiger partial charge in [-0.25, -0.2) is 9.97 Å². The van der Waals surface area contributed by atoms with Crippen LogP contribution in [0, 0.1) is 12.8 Å². The van der Waals surface area contributed by atoms with Crippen LogP contribution in [0.1, 0.15) is 17.4 Å². The van der Waals surface area contributed by atoms with Gasteiger partial charge in [-0.3, -0.25) is 9.69 Å². The number of piperazine rings is 1. The number of carbonyl (C=O) groups is 2. The van der Waals surface area contributed by atoms with Gasteiger partial charge in [-0.05, 0) is 42.8 Å². The molecule has 1 amide bonds. The number of nitrogens with one attached hydrogen (secondary N) is 2. The van der Waals surface area contributed by atoms with Gasteiger partial charge in [-0.15, -0.1) is 11.3 Å². The number of hydrogen-bond donors (Lipinski definition) is 2. The average Bonchev–Trinajstić information content (AvgIpc) is 3.29. The van der Waals surface area contributed by atoms with Crippen molar-refractivity contribution < 1.29 is 9.59 Å². The maximum Gasteiger partial charge on any atom is 0.247 e. The largest absolute Gasteiger partial charge is 0.323 e. The van der Waals surface area contributed by atoms with Crippen molar-refractivity contribution in [2.75, 3.05) is 43.4 Å². The van der Waals surface area contributed by atoms with Gasteiger partial charge in [0.1, 0.15) is 12.1 Å². The number of amides is 1. The van der Waals surface area contributed by atoms with Crippen LogP contribution in [0.3, 0.4) is 0 Å². The Morgan fingerprint density at radius 1 is 1.19 bits per heavy atom. The molecule has 0 spiro atoms. The van der Waals surface area contributed by atoms with Gasteiger partial charge in [0.2, 0.25) is 5.91 Å². The summed E-state index contributed by atoms with van der Waals surface area (Å²) in [6.07, 6.45) is 4.12. The lowest BCUT2D eigenvalue weighted by Crippen LogP contribution is -2.47. The number of benzene rings is 1. The molecule has 3 aromatic rings. The summed E-state index contributed by atoms with van der Waals surface area (Å²) in [4.78, 5) is 38.0. The third kappa shape index (κ3) is 7.07. The Labute approximate surface area is 216 Å². The Kier molecular flexibility index (Phi) is 8.58. The van der Waals surface area contributed by atoms with Crippen LogP contribution in [0.15, 0.2) is 55.3 Å². The van der Waals surface area contributed by atoms with E-state index in [9.17, 15) is 9.59 Å². The molecule has 3 heterocycles. The summed E-state index contributed by atoms with van der Waals surface area (Å²) in [5, 5.41) is 6.97. The van der Waals surface area contributed by atoms with Crippen molar-refractivity contribution in [1.82, 2.24) is 19.8 Å². The monoisotopic (exact) mass is 504 g/mol. The summed E-state index contributed by atoms with van der Waals surface area (Å²) in [7, 11) is 0. The number of hydrogen-bond acceptors (Lipinski definition) is 8. The zero-order chi connectivity index (χ0) is 25.5. The predicted octanol–water partition coefficient (Wildman–Crippen LogP) is 4.33. The maximum absolute atomic E-state index is 11.8. The van der Waals surface area contributed by atoms with E-state index in [0.717, 1.165) is 78.2 Å². The summed E-state index contributed by atoms with van der Waals surface area (Å²) in [6.45, 7) is 12.9. The number of thiazole rings is 1. The van der Waals surface area contributed by atoms with Crippen molar-refractivity contribution in [3.8, 4) is 11.3 Å². The Hall–Kier alpha value is -3.40. The predicted molar refractivity (Wildman–Crippen MR) is 146 cm³/mol. The third-order valence-corrected chi connectivity index (χ3v) is 6.83. The number of nitrogens with zero attached hydrogens (tertiary/aromatic N) is 4. The Bertz CT molecular complexity index is 1220. The minimum absolute atomic E-state index is 0.0643. The SMILES string of the molecule is C=CC(=O)Nc1cccc(-c2cc(CN3CCN(CC(C)C=O)CC3)cc(Nc3ncc(C)s3)n2)c1. The van der Waals surface area contributed by atoms with E-state index in [2.05, 4.69) is 44.1 Å². The fourth-order valence-corrected chi connectivity index (χ4v) is 4.87. The lowest BCUT2D eigenvalue weighted by atomic mass is 10.1. The average molecular weight is 505 g/mol. The summed E-state index contributed by atoms with van der Waals surface area (Å²) < 4.78 is 0. The first-order chi connectivity index (χ1) is 17.4. The van der Waals surface area contributed by atoms with E-state index >= 15 is 0 Å². The lowest BCUT2D eigenvalue weighted by Gasteiger charge is -2.35. The van der Waals surface area contributed by atoms with Gasteiger partial charge >= 0.3 is 0 Å². The summed E-state index contributed by atoms with van der Waals surface area (Å²) in [6, 6.07) is 11.8. The molecule has 1 saturated heterocycles. The van der Waals surface area contributed by atoms with Crippen molar-refractivity contribution in [2.45, 2.75) is 20.4 Å². The second kappa shape index (κ2) is 12.0. The van der Waals surface area contributed by atoms with Crippen LogP contribution in [0.2, 0.25) is 0 Å². The molecule has 8 nitrogen and oxygen atoms in total. The van der Waals surface area contributed by atoms with Gasteiger partial charge in [-0.2, -0.15) is 0 Å². The summed E-state index contributed by atoms with van der Waals surface area (Å²) >= 11 is 1.58. The van der Waals surface area contributed by atoms with Crippen molar-refractivity contribution in [1.29, 1.82) is 0 Å². The van der Waals surface area contributed by atoms with Gasteiger partial charge in [0, 0.05) is 67.5 Å². The number of pyridine rings is 1. The number of anilines is 3. The molecule has 1 aliphatic rings. The zero-order valence-electron chi connectivity index (χ0n) is 20.7. The first-order valence-corrected chi connectivity index (χ1v) is 12.9. The molecule has 36 heavy (non-hydrogen) atoms. The number of aldehydes is 1. The lowest BCUT2D eigenvalue weighted by molar-refractivity contribution is -0.112. The van der Waals surface area contributed by atoms with Gasteiger partial charge in [-0.1, -0.05) is 25.6 Å². The van der Waals surface area contributed by atoms with Crippen LogP contribution in [0.25, 0.3) is 11.3 Å². The Morgan fingerprint density at radius 3 is 2.67 bits per heavy atom. The van der Waals surface area contributed by atoms with E-state index in [-0.39, 0.29) is 11.8 Å². The van der Waals surface area contributed by atoms with E-state index in [1.165, 1.54) is 6.08 Å². The third-order valence-electron chi connectivity index (χ3n) is 6.00. The molecule has 1 aromatic carbocycles. The van der Waals surface area contributed by atoms with Gasteiger partial charge < -0.3 is 20.3 Å². The van der Waals surface area contributed by atoms with Crippen molar-refractivity contribution in [2.24, 2.45) is 5.92 Å². The summed E-state index contributed by atoms with van der Waals surface area (Å²) in [5.41, 5.74) is 3.56. The number of aryl methyl sites for hydroxylation is 1. The van der Waals surface area contributed by atoms with Crippen molar-refractivity contribution in [3.05, 3.63) is 65.7 Å². The second-order valence-corrected chi connectivity index (χ2v) is 10.3. The van der Waals surface area contributed by atoms with Crippen LogP contribution >= 0.6 is 11.3 Å². The second-order valence-electron chi connectivity index (χ2n) is 9.11. The van der Waals surface area contributed by atoms with E-state index in [4.69, 9.17) is 4.98 Å². The van der Waals surface area contributed by atoms with Crippen LogP contribution in [0.4, 0.5) is 16.6 Å². The van der Waals surface area contributed by atoms with Crippen LogP contribution < -0.4 is 10.6 Å². The molecule has 0 saturated carbocycles. The van der Waals surface area contributed by atoms with E-state index in [0.29, 0.717) is 5.69 Å². The number of carbonyl (C=O) groups excluding carboxylic acids is 2. The molecule has 9 heteroatoms. The number of aromatic nitrogens is 2. The molecular weight excluding hydrogens is 472 g/mol. The normalized spacial score (nSPS) is 15.3. The fourth-order valence-electron chi connectivity index (χ4n) is 4.20. The number of rotatable bonds is 10. The highest BCUT2D eigenvalue weighted by atomic mass is 32.1. The molecule has 0 bridgehead atoms. The van der Waals surface area contributed by atoms with E-state index in [1.807, 2.05) is 44.3 Å². The highest BCUT2D eigenvalue weighted by molar-refractivity contribution is 7.15. The molecule has 1 atom stereocenters. The quantitative estimate of drug-likeness (QED) is 0.314. The highest BCUT2D eigenvalue weighted by Crippen LogP contribution is 2.27. The molecule has 0 radical (unpaired) electrons. The van der Waals surface area contributed by atoms with E-state index < -0.39 is 0 Å². The van der Waals surface area contributed by atoms with Gasteiger partial charge in [0.25, 0.3) is 0 Å². The minimum atomic E-state index is -0.253. The molecule has 188 valence electrons. The molecule has 1 fully saturated rings. The smallest absolute Gasteiger partial charge is 0.247 e. The van der Waals surface area contributed by atoms with Crippen LogP contribution in [-0.4, -0.2) is 64.7 Å². The van der Waals surface area contributed by atoms with Crippen molar-refractivity contribution >= 4 is 40.2 Å². The molecule has 1 unspecified atom stereocenters. The topological polar surface area (TPSA) is 90.5 Å². The highest BCUT2D eigenvalue weighted by Gasteiger charge is 2.19. The van der Waals surface area contributed by atoms with E-state index in [1.54, 1.807) is 11.3 Å². The van der Waals surface area contributed by atoms with Gasteiger partial charge in [0.05, 0.1) is 5.69 Å². The van der Waals surface area contributed by atoms with Gasteiger partial charge in [0.15, 0.2) is 5.13 Å². The molecule has 0 aliphatic carbocycles. The maximum atomic E-state index is 11.8. The fraction of sp³-hybridized carbons (Fsp3) is 0.333. The first-order valence-electron chi connectivity index (χ1n) is 12.1. The standard InChI is InChI=1S/C27H32N6O2S/c1-4-26(35)29-23-7-5-6-22(14-23)24-12-21(13-25(30-24)31-27-28-15-20(3)36-27)17-33-10-8-32(9-11-33)16-19(2)18-34/h4-7,12-15,18-19H,1,8-11,16-17H2,2-3H3,(H,29,35)(H,28,30,31). The first kappa shape index (κ1) is 25.7. The molecule has 1 aliphatic heterocycles. The Balaban J connectivity index is 1.55. The molecule has 2 N–H and O–H groups in total. The zero-order valence-corrected chi connectivity index (χ0v) is 21.6. The molecular formula is C27H32N6O2S. The van der Waals surface area contributed by atoms with Crippen molar-refractivity contribution in [3.63, 3.8) is 0 Å². The van der Waals surface area contributed by atoms with Crippen LogP contribution in [0.5, 0.6) is 0 Å². The Morgan fingerprint density at radius 2 is 1.97 bits per heavy atom. The molecule has 4 rings (SSSR count). The summed E-state index contributed by atoms with van der Waals surface area (Å²) in [5.74, 6) is 0.544. The minimum Gasteiger partial charge on any atom is -0.323 e. The molecule has 2 aromatic heterocycles. The van der Waals surface area contributed by atoms with Crippen LogP contribution in [-0.2, 0) is 16.1 Å².